The lowest BCUT2D eigenvalue weighted by Gasteiger charge is -2.31. The van der Waals surface area contributed by atoms with E-state index in [4.69, 9.17) is 5.11 Å². The van der Waals surface area contributed by atoms with Gasteiger partial charge in [0, 0.05) is 23.2 Å². The van der Waals surface area contributed by atoms with Crippen molar-refractivity contribution >= 4 is 32.7 Å². The topological polar surface area (TPSA) is 138 Å². The Kier molecular flexibility index (Phi) is 5.94. The Balaban J connectivity index is 1.98. The number of aliphatic carboxylic acids is 1. The van der Waals surface area contributed by atoms with Crippen LogP contribution in [0.4, 0.5) is 14.6 Å². The fourth-order valence-electron chi connectivity index (χ4n) is 2.94. The number of pyridine rings is 1. The number of H-pyrrole nitrogens is 1. The van der Waals surface area contributed by atoms with Gasteiger partial charge in [-0.3, -0.25) is 4.79 Å². The summed E-state index contributed by atoms with van der Waals surface area (Å²) in [5, 5.41) is 12.0. The third-order valence-electron chi connectivity index (χ3n) is 4.60. The van der Waals surface area contributed by atoms with Gasteiger partial charge in [0.15, 0.2) is 27.3 Å². The van der Waals surface area contributed by atoms with Gasteiger partial charge in [0.25, 0.3) is 0 Å². The van der Waals surface area contributed by atoms with Crippen LogP contribution in [-0.2, 0) is 14.6 Å². The van der Waals surface area contributed by atoms with Crippen LogP contribution in [0, 0.1) is 17.0 Å². The molecule has 3 heterocycles. The highest BCUT2D eigenvalue weighted by molar-refractivity contribution is 7.92. The minimum Gasteiger partial charge on any atom is -0.480 e. The van der Waals surface area contributed by atoms with Gasteiger partial charge in [-0.05, 0) is 11.5 Å². The predicted molar refractivity (Wildman–Crippen MR) is 110 cm³/mol. The third kappa shape index (κ3) is 5.32. The number of anilines is 1. The number of aromatic nitrogens is 4. The molecule has 12 heteroatoms. The normalized spacial score (nSPS) is 13.3. The van der Waals surface area contributed by atoms with Crippen LogP contribution in [0.1, 0.15) is 20.8 Å². The van der Waals surface area contributed by atoms with Gasteiger partial charge in [0.05, 0.1) is 18.1 Å². The molecule has 0 aliphatic carbocycles. The number of carboxylic acids is 1. The van der Waals surface area contributed by atoms with Crippen molar-refractivity contribution in [3.05, 3.63) is 36.3 Å². The van der Waals surface area contributed by atoms with Gasteiger partial charge < -0.3 is 15.4 Å². The summed E-state index contributed by atoms with van der Waals surface area (Å²) in [5.74, 6) is -4.61. The average Bonchev–Trinajstić information content (AvgIpc) is 3.03. The molecule has 9 nitrogen and oxygen atoms in total. The summed E-state index contributed by atoms with van der Waals surface area (Å²) in [5.41, 5.74) is 0.0961. The van der Waals surface area contributed by atoms with Crippen LogP contribution >= 0.6 is 0 Å². The van der Waals surface area contributed by atoms with E-state index < -0.39 is 50.4 Å². The Morgan fingerprint density at radius 3 is 2.61 bits per heavy atom. The second kappa shape index (κ2) is 8.17. The number of nitrogens with zero attached hydrogens (tertiary/aromatic N) is 3. The van der Waals surface area contributed by atoms with E-state index in [1.54, 1.807) is 20.8 Å². The SMILES string of the molecule is CC(C)(C)C(CS(=O)(=O)CC(=O)O)Nc1nc(-c2c[nH]c3ncc(F)cc23)ncc1F. The zero-order valence-corrected chi connectivity index (χ0v) is 17.8. The minimum absolute atomic E-state index is 0.0728. The summed E-state index contributed by atoms with van der Waals surface area (Å²) in [6.45, 7) is 5.19. The van der Waals surface area contributed by atoms with Gasteiger partial charge in [-0.1, -0.05) is 20.8 Å². The molecule has 0 aliphatic heterocycles. The summed E-state index contributed by atoms with van der Waals surface area (Å²) in [6, 6.07) is 0.390. The van der Waals surface area contributed by atoms with Gasteiger partial charge >= 0.3 is 5.97 Å². The van der Waals surface area contributed by atoms with E-state index in [1.165, 1.54) is 12.3 Å². The number of rotatable bonds is 7. The first-order valence-corrected chi connectivity index (χ1v) is 11.0. The molecule has 0 spiro atoms. The molecule has 0 aromatic carbocycles. The quantitative estimate of drug-likeness (QED) is 0.496. The van der Waals surface area contributed by atoms with Gasteiger partial charge in [-0.15, -0.1) is 0 Å². The highest BCUT2D eigenvalue weighted by atomic mass is 32.2. The van der Waals surface area contributed by atoms with Crippen molar-refractivity contribution in [1.29, 1.82) is 0 Å². The van der Waals surface area contributed by atoms with E-state index in [1.807, 2.05) is 0 Å². The van der Waals surface area contributed by atoms with Gasteiger partial charge in [0.1, 0.15) is 17.2 Å². The summed E-state index contributed by atoms with van der Waals surface area (Å²) >= 11 is 0. The molecule has 0 aliphatic rings. The van der Waals surface area contributed by atoms with Crippen LogP contribution in [0.2, 0.25) is 0 Å². The molecular weight excluding hydrogens is 432 g/mol. The van der Waals surface area contributed by atoms with Gasteiger partial charge in [0.2, 0.25) is 0 Å². The molecule has 0 saturated carbocycles. The number of fused-ring (bicyclic) bond motifs is 1. The average molecular weight is 453 g/mol. The number of sulfone groups is 1. The minimum atomic E-state index is -3.97. The molecule has 3 aromatic heterocycles. The lowest BCUT2D eigenvalue weighted by Crippen LogP contribution is -2.41. The summed E-state index contributed by atoms with van der Waals surface area (Å²) in [6.07, 6.45) is 3.47. The lowest BCUT2D eigenvalue weighted by atomic mass is 9.88. The van der Waals surface area contributed by atoms with E-state index >= 15 is 0 Å². The van der Waals surface area contributed by atoms with Crippen LogP contribution in [0.5, 0.6) is 0 Å². The maximum absolute atomic E-state index is 14.5. The number of nitrogens with one attached hydrogen (secondary N) is 2. The first kappa shape index (κ1) is 22.5. The van der Waals surface area contributed by atoms with Crippen molar-refractivity contribution in [2.75, 3.05) is 16.8 Å². The van der Waals surface area contributed by atoms with E-state index in [-0.39, 0.29) is 11.6 Å². The van der Waals surface area contributed by atoms with Crippen molar-refractivity contribution < 1.29 is 27.1 Å². The highest BCUT2D eigenvalue weighted by Gasteiger charge is 2.32. The second-order valence-corrected chi connectivity index (χ2v) is 10.3. The maximum Gasteiger partial charge on any atom is 0.318 e. The van der Waals surface area contributed by atoms with Crippen LogP contribution < -0.4 is 5.32 Å². The molecular formula is C19H21F2N5O4S. The summed E-state index contributed by atoms with van der Waals surface area (Å²) in [7, 11) is -3.97. The molecule has 3 N–H and O–H groups in total. The van der Waals surface area contributed by atoms with Crippen LogP contribution in [0.15, 0.2) is 24.7 Å². The van der Waals surface area contributed by atoms with E-state index in [2.05, 4.69) is 25.3 Å². The molecule has 0 saturated heterocycles. The van der Waals surface area contributed by atoms with Crippen molar-refractivity contribution in [3.63, 3.8) is 0 Å². The summed E-state index contributed by atoms with van der Waals surface area (Å²) < 4.78 is 52.5. The van der Waals surface area contributed by atoms with Crippen LogP contribution in [-0.4, -0.2) is 57.0 Å². The maximum atomic E-state index is 14.5. The standard InChI is InChI=1S/C19H21F2N5O4S/c1-19(2,3)14(8-31(29,30)9-15(27)28)25-18-13(21)7-24-17(26-18)12-6-23-16-11(12)4-10(20)5-22-16/h4-7,14H,8-9H2,1-3H3,(H,22,23)(H,27,28)(H,24,25,26). The number of hydrogen-bond donors (Lipinski definition) is 3. The van der Waals surface area contributed by atoms with Crippen molar-refractivity contribution in [3.8, 4) is 11.4 Å². The molecule has 0 radical (unpaired) electrons. The number of halogens is 2. The third-order valence-corrected chi connectivity index (χ3v) is 6.13. The molecule has 166 valence electrons. The molecule has 31 heavy (non-hydrogen) atoms. The number of carbonyl (C=O) groups is 1. The lowest BCUT2D eigenvalue weighted by molar-refractivity contribution is -0.134. The Morgan fingerprint density at radius 1 is 1.26 bits per heavy atom. The predicted octanol–water partition coefficient (Wildman–Crippen LogP) is 2.62. The fourth-order valence-corrected chi connectivity index (χ4v) is 4.52. The van der Waals surface area contributed by atoms with Gasteiger partial charge in [-0.2, -0.15) is 0 Å². The van der Waals surface area contributed by atoms with Gasteiger partial charge in [-0.25, -0.2) is 32.2 Å². The van der Waals surface area contributed by atoms with E-state index in [9.17, 15) is 22.0 Å². The van der Waals surface area contributed by atoms with E-state index in [0.717, 1.165) is 12.4 Å². The Hall–Kier alpha value is -3.15. The van der Waals surface area contributed by atoms with Crippen molar-refractivity contribution in [2.45, 2.75) is 26.8 Å². The molecule has 3 rings (SSSR count). The fraction of sp³-hybridized carbons (Fsp3) is 0.368. The molecule has 0 bridgehead atoms. The Bertz CT molecular complexity index is 1240. The molecule has 0 amide bonds. The van der Waals surface area contributed by atoms with E-state index in [0.29, 0.717) is 16.6 Å². The number of aromatic amines is 1. The first-order valence-electron chi connectivity index (χ1n) is 9.20. The molecule has 1 unspecified atom stereocenters. The molecule has 0 fully saturated rings. The molecule has 1 atom stereocenters. The summed E-state index contributed by atoms with van der Waals surface area (Å²) in [4.78, 5) is 25.7. The number of hydrogen-bond acceptors (Lipinski definition) is 7. The zero-order chi connectivity index (χ0) is 23.0. The molecule has 3 aromatic rings. The largest absolute Gasteiger partial charge is 0.480 e. The van der Waals surface area contributed by atoms with Crippen LogP contribution in [0.3, 0.4) is 0 Å². The van der Waals surface area contributed by atoms with Crippen molar-refractivity contribution in [1.82, 2.24) is 19.9 Å². The second-order valence-electron chi connectivity index (χ2n) is 8.15. The van der Waals surface area contributed by atoms with Crippen molar-refractivity contribution in [2.24, 2.45) is 5.41 Å². The number of carboxylic acid groups (broad SMARTS) is 1. The first-order chi connectivity index (χ1) is 14.4. The highest BCUT2D eigenvalue weighted by Crippen LogP contribution is 2.29. The smallest absolute Gasteiger partial charge is 0.318 e. The van der Waals surface area contributed by atoms with Crippen LogP contribution in [0.25, 0.3) is 22.4 Å². The Labute approximate surface area is 176 Å². The Morgan fingerprint density at radius 2 is 1.97 bits per heavy atom. The monoisotopic (exact) mass is 453 g/mol. The zero-order valence-electron chi connectivity index (χ0n) is 17.0.